The highest BCUT2D eigenvalue weighted by Gasteiger charge is 2.24. The summed E-state index contributed by atoms with van der Waals surface area (Å²) in [6.07, 6.45) is 5.27. The van der Waals surface area contributed by atoms with E-state index in [2.05, 4.69) is 37.9 Å². The van der Waals surface area contributed by atoms with Crippen LogP contribution in [0.2, 0.25) is 0 Å². The lowest BCUT2D eigenvalue weighted by molar-refractivity contribution is 0.294. The first kappa shape index (κ1) is 14.2. The van der Waals surface area contributed by atoms with E-state index in [-0.39, 0.29) is 0 Å². The average molecular weight is 378 g/mol. The fourth-order valence-corrected chi connectivity index (χ4v) is 3.65. The fourth-order valence-electron chi connectivity index (χ4n) is 2.28. The summed E-state index contributed by atoms with van der Waals surface area (Å²) in [5, 5.41) is 0. The van der Waals surface area contributed by atoms with Gasteiger partial charge in [0.1, 0.15) is 11.5 Å². The van der Waals surface area contributed by atoms with E-state index in [1.54, 1.807) is 14.2 Å². The molecule has 1 aromatic rings. The van der Waals surface area contributed by atoms with Crippen LogP contribution in [0.3, 0.4) is 0 Å². The number of hydrogen-bond acceptors (Lipinski definition) is 2. The Hall–Kier alpha value is -0.220. The smallest absolute Gasteiger partial charge is 0.133 e. The molecule has 4 heteroatoms. The summed E-state index contributed by atoms with van der Waals surface area (Å²) in [6, 6.07) is 4.03. The van der Waals surface area contributed by atoms with Crippen molar-refractivity contribution in [3.8, 4) is 11.5 Å². The van der Waals surface area contributed by atoms with Crippen LogP contribution in [0.1, 0.15) is 36.1 Å². The van der Waals surface area contributed by atoms with Crippen LogP contribution in [0.25, 0.3) is 0 Å². The molecule has 2 rings (SSSR count). The molecule has 2 nitrogen and oxygen atoms in total. The third kappa shape index (κ3) is 3.02. The molecule has 0 radical (unpaired) electrons. The highest BCUT2D eigenvalue weighted by molar-refractivity contribution is 9.10. The van der Waals surface area contributed by atoms with E-state index in [4.69, 9.17) is 9.47 Å². The maximum atomic E-state index is 5.46. The third-order valence-corrected chi connectivity index (χ3v) is 5.09. The zero-order chi connectivity index (χ0) is 13.1. The van der Waals surface area contributed by atoms with E-state index >= 15 is 0 Å². The van der Waals surface area contributed by atoms with Crippen molar-refractivity contribution >= 4 is 31.9 Å². The minimum absolute atomic E-state index is 0.333. The molecule has 1 saturated carbocycles. The van der Waals surface area contributed by atoms with Crippen LogP contribution < -0.4 is 9.47 Å². The van der Waals surface area contributed by atoms with Crippen LogP contribution in [0.5, 0.6) is 11.5 Å². The maximum absolute atomic E-state index is 5.46. The maximum Gasteiger partial charge on any atom is 0.133 e. The van der Waals surface area contributed by atoms with E-state index in [0.29, 0.717) is 4.83 Å². The van der Waals surface area contributed by atoms with Crippen molar-refractivity contribution in [2.45, 2.75) is 30.5 Å². The number of ether oxygens (including phenoxy) is 2. The summed E-state index contributed by atoms with van der Waals surface area (Å²) in [5.74, 6) is 2.61. The van der Waals surface area contributed by atoms with Gasteiger partial charge in [0.15, 0.2) is 0 Å². The van der Waals surface area contributed by atoms with Gasteiger partial charge in [-0.25, -0.2) is 0 Å². The van der Waals surface area contributed by atoms with Gasteiger partial charge < -0.3 is 9.47 Å². The number of benzene rings is 1. The van der Waals surface area contributed by atoms with E-state index < -0.39 is 0 Å². The van der Waals surface area contributed by atoms with E-state index in [9.17, 15) is 0 Å². The van der Waals surface area contributed by atoms with Crippen molar-refractivity contribution in [1.29, 1.82) is 0 Å². The van der Waals surface area contributed by atoms with Crippen molar-refractivity contribution in [2.24, 2.45) is 5.92 Å². The summed E-state index contributed by atoms with van der Waals surface area (Å²) >= 11 is 7.28. The van der Waals surface area contributed by atoms with Gasteiger partial charge in [0.25, 0.3) is 0 Å². The monoisotopic (exact) mass is 376 g/mol. The highest BCUT2D eigenvalue weighted by Crippen LogP contribution is 2.44. The molecule has 1 unspecified atom stereocenters. The van der Waals surface area contributed by atoms with E-state index in [0.717, 1.165) is 21.9 Å². The Morgan fingerprint density at radius 2 is 1.89 bits per heavy atom. The Kier molecular flexibility index (Phi) is 4.96. The summed E-state index contributed by atoms with van der Waals surface area (Å²) in [4.78, 5) is 0.333. The van der Waals surface area contributed by atoms with Gasteiger partial charge in [0, 0.05) is 10.4 Å². The van der Waals surface area contributed by atoms with Gasteiger partial charge in [-0.15, -0.1) is 0 Å². The molecule has 0 saturated heterocycles. The van der Waals surface area contributed by atoms with Crippen molar-refractivity contribution < 1.29 is 9.47 Å². The average Bonchev–Trinajstić information content (AvgIpc) is 2.33. The molecule has 18 heavy (non-hydrogen) atoms. The topological polar surface area (TPSA) is 18.5 Å². The van der Waals surface area contributed by atoms with Crippen molar-refractivity contribution in [1.82, 2.24) is 0 Å². The molecular formula is C14H18Br2O2. The number of alkyl halides is 1. The van der Waals surface area contributed by atoms with Crippen LogP contribution in [0.15, 0.2) is 16.6 Å². The van der Waals surface area contributed by atoms with Gasteiger partial charge in [-0.1, -0.05) is 35.2 Å². The lowest BCUT2D eigenvalue weighted by atomic mass is 9.81. The summed E-state index contributed by atoms with van der Waals surface area (Å²) in [5.41, 5.74) is 1.17. The molecule has 1 fully saturated rings. The third-order valence-electron chi connectivity index (χ3n) is 3.61. The Balaban J connectivity index is 2.22. The molecule has 1 aliphatic carbocycles. The Bertz CT molecular complexity index is 417. The molecular weight excluding hydrogens is 360 g/mol. The normalized spacial score (nSPS) is 17.1. The first-order valence-corrected chi connectivity index (χ1v) is 7.92. The van der Waals surface area contributed by atoms with Gasteiger partial charge >= 0.3 is 0 Å². The molecule has 0 amide bonds. The molecule has 1 aromatic carbocycles. The number of hydrogen-bond donors (Lipinski definition) is 0. The SMILES string of the molecule is COc1cc(C(Br)CC2CCC2)c(OC)cc1Br. The van der Waals surface area contributed by atoms with Crippen LogP contribution in [0.4, 0.5) is 0 Å². The minimum atomic E-state index is 0.333. The van der Waals surface area contributed by atoms with E-state index in [1.807, 2.05) is 6.07 Å². The second-order valence-electron chi connectivity index (χ2n) is 4.73. The van der Waals surface area contributed by atoms with Crippen molar-refractivity contribution in [3.63, 3.8) is 0 Å². The standard InChI is InChI=1S/C14H18Br2O2/c1-17-13-8-12(16)14(18-2)7-10(13)11(15)6-9-4-3-5-9/h7-9,11H,3-6H2,1-2H3. The summed E-state index contributed by atoms with van der Waals surface area (Å²) < 4.78 is 11.7. The van der Waals surface area contributed by atoms with Crippen LogP contribution >= 0.6 is 31.9 Å². The Labute approximate surface area is 125 Å². The second kappa shape index (κ2) is 6.29. The molecule has 100 valence electrons. The summed E-state index contributed by atoms with van der Waals surface area (Å²) in [7, 11) is 3.40. The number of rotatable bonds is 5. The van der Waals surface area contributed by atoms with Gasteiger partial charge in [-0.05, 0) is 40.4 Å². The fraction of sp³-hybridized carbons (Fsp3) is 0.571. The van der Waals surface area contributed by atoms with Crippen molar-refractivity contribution in [2.75, 3.05) is 14.2 Å². The first-order valence-electron chi connectivity index (χ1n) is 6.21. The summed E-state index contributed by atoms with van der Waals surface area (Å²) in [6.45, 7) is 0. The zero-order valence-corrected chi connectivity index (χ0v) is 13.9. The molecule has 0 heterocycles. The zero-order valence-electron chi connectivity index (χ0n) is 10.7. The predicted molar refractivity (Wildman–Crippen MR) is 80.9 cm³/mol. The largest absolute Gasteiger partial charge is 0.496 e. The molecule has 0 aliphatic heterocycles. The quantitative estimate of drug-likeness (QED) is 0.665. The van der Waals surface area contributed by atoms with Gasteiger partial charge in [-0.3, -0.25) is 0 Å². The Morgan fingerprint density at radius 1 is 1.22 bits per heavy atom. The van der Waals surface area contributed by atoms with Gasteiger partial charge in [-0.2, -0.15) is 0 Å². The van der Waals surface area contributed by atoms with Crippen LogP contribution in [-0.4, -0.2) is 14.2 Å². The number of methoxy groups -OCH3 is 2. The molecule has 1 atom stereocenters. The van der Waals surface area contributed by atoms with Crippen LogP contribution in [0, 0.1) is 5.92 Å². The molecule has 0 spiro atoms. The molecule has 0 bridgehead atoms. The van der Waals surface area contributed by atoms with Crippen molar-refractivity contribution in [3.05, 3.63) is 22.2 Å². The molecule has 0 N–H and O–H groups in total. The lowest BCUT2D eigenvalue weighted by Gasteiger charge is -2.28. The molecule has 0 aromatic heterocycles. The second-order valence-corrected chi connectivity index (χ2v) is 6.69. The van der Waals surface area contributed by atoms with Crippen LogP contribution in [-0.2, 0) is 0 Å². The lowest BCUT2D eigenvalue weighted by Crippen LogP contribution is -2.13. The van der Waals surface area contributed by atoms with Gasteiger partial charge in [0.2, 0.25) is 0 Å². The minimum Gasteiger partial charge on any atom is -0.496 e. The predicted octanol–water partition coefficient (Wildman–Crippen LogP) is 5.09. The highest BCUT2D eigenvalue weighted by atomic mass is 79.9. The van der Waals surface area contributed by atoms with E-state index in [1.165, 1.54) is 31.2 Å². The molecule has 1 aliphatic rings. The van der Waals surface area contributed by atoms with Gasteiger partial charge in [0.05, 0.1) is 18.7 Å². The Morgan fingerprint density at radius 3 is 2.39 bits per heavy atom. The first-order chi connectivity index (χ1) is 8.65. The number of halogens is 2.